The molecule has 0 aliphatic heterocycles. The van der Waals surface area contributed by atoms with Crippen LogP contribution in [0.2, 0.25) is 0 Å². The summed E-state index contributed by atoms with van der Waals surface area (Å²) in [5.41, 5.74) is 8.98. The van der Waals surface area contributed by atoms with Crippen LogP contribution in [0.25, 0.3) is 22.2 Å². The summed E-state index contributed by atoms with van der Waals surface area (Å²) < 4.78 is 7.47. The van der Waals surface area contributed by atoms with Crippen LogP contribution in [0.3, 0.4) is 0 Å². The van der Waals surface area contributed by atoms with E-state index in [1.807, 2.05) is 24.3 Å². The Morgan fingerprint density at radius 2 is 2.17 bits per heavy atom. The van der Waals surface area contributed by atoms with Gasteiger partial charge in [0, 0.05) is 17.8 Å². The number of nitrogens with zero attached hydrogens (tertiary/aromatic N) is 3. The Balaban J connectivity index is 1.92. The van der Waals surface area contributed by atoms with Crippen molar-refractivity contribution < 1.29 is 9.84 Å². The average molecular weight is 324 g/mol. The number of fused-ring (bicyclic) bond motifs is 1. The van der Waals surface area contributed by atoms with Crippen LogP contribution in [-0.2, 0) is 0 Å². The number of nitrogen functional groups attached to an aromatic ring is 1. The lowest BCUT2D eigenvalue weighted by Gasteiger charge is -2.12. The summed E-state index contributed by atoms with van der Waals surface area (Å²) in [4.78, 5) is 8.62. The highest BCUT2D eigenvalue weighted by molar-refractivity contribution is 6.00. The fourth-order valence-corrected chi connectivity index (χ4v) is 3.58. The van der Waals surface area contributed by atoms with Crippen LogP contribution in [0.15, 0.2) is 36.8 Å². The SMILES string of the molecule is COc1cccc(-c2cn(C3CCC(O)C3)c3ncnc(N)c23)c1. The molecule has 0 spiro atoms. The largest absolute Gasteiger partial charge is 0.497 e. The van der Waals surface area contributed by atoms with E-state index in [1.54, 1.807) is 7.11 Å². The Hall–Kier alpha value is -2.60. The standard InChI is InChI=1S/C18H20N4O2/c1-24-14-4-2-3-11(7-14)15-9-22(12-5-6-13(23)8-12)18-16(15)17(19)20-10-21-18/h2-4,7,9-10,12-13,23H,5-6,8H2,1H3,(H2,19,20,21). The molecule has 1 aromatic carbocycles. The maximum absolute atomic E-state index is 9.89. The predicted molar refractivity (Wildman–Crippen MR) is 92.8 cm³/mol. The van der Waals surface area contributed by atoms with E-state index in [9.17, 15) is 5.11 Å². The molecular weight excluding hydrogens is 304 g/mol. The number of aliphatic hydroxyl groups excluding tert-OH is 1. The van der Waals surface area contributed by atoms with Crippen LogP contribution in [0.5, 0.6) is 5.75 Å². The van der Waals surface area contributed by atoms with Gasteiger partial charge in [-0.25, -0.2) is 9.97 Å². The lowest BCUT2D eigenvalue weighted by atomic mass is 10.1. The van der Waals surface area contributed by atoms with Crippen molar-refractivity contribution >= 4 is 16.9 Å². The molecule has 0 amide bonds. The van der Waals surface area contributed by atoms with Gasteiger partial charge >= 0.3 is 0 Å². The number of ether oxygens (including phenoxy) is 1. The number of nitrogens with two attached hydrogens (primary N) is 1. The number of aliphatic hydroxyl groups is 1. The first kappa shape index (κ1) is 15.0. The van der Waals surface area contributed by atoms with Crippen LogP contribution in [0.1, 0.15) is 25.3 Å². The highest BCUT2D eigenvalue weighted by atomic mass is 16.5. The van der Waals surface area contributed by atoms with Crippen molar-refractivity contribution in [1.29, 1.82) is 0 Å². The normalized spacial score (nSPS) is 20.6. The summed E-state index contributed by atoms with van der Waals surface area (Å²) in [6.07, 6.45) is 5.82. The zero-order valence-corrected chi connectivity index (χ0v) is 13.5. The molecule has 0 bridgehead atoms. The Morgan fingerprint density at radius 1 is 1.29 bits per heavy atom. The molecule has 1 aliphatic rings. The highest BCUT2D eigenvalue weighted by Gasteiger charge is 2.27. The van der Waals surface area contributed by atoms with Crippen molar-refractivity contribution in [3.63, 3.8) is 0 Å². The number of anilines is 1. The van der Waals surface area contributed by atoms with E-state index in [4.69, 9.17) is 10.5 Å². The lowest BCUT2D eigenvalue weighted by Crippen LogP contribution is -2.07. The summed E-state index contributed by atoms with van der Waals surface area (Å²) in [6, 6.07) is 8.11. The number of hydrogen-bond donors (Lipinski definition) is 2. The minimum absolute atomic E-state index is 0.233. The molecule has 2 aromatic heterocycles. The van der Waals surface area contributed by atoms with Gasteiger partial charge in [-0.05, 0) is 37.0 Å². The van der Waals surface area contributed by atoms with Gasteiger partial charge in [0.15, 0.2) is 0 Å². The van der Waals surface area contributed by atoms with Crippen LogP contribution >= 0.6 is 0 Å². The molecule has 2 atom stereocenters. The third kappa shape index (κ3) is 2.39. The number of benzene rings is 1. The van der Waals surface area contributed by atoms with Crippen molar-refractivity contribution in [3.8, 4) is 16.9 Å². The predicted octanol–water partition coefficient (Wildman–Crippen LogP) is 2.77. The summed E-state index contributed by atoms with van der Waals surface area (Å²) in [5.74, 6) is 1.26. The van der Waals surface area contributed by atoms with E-state index in [0.29, 0.717) is 5.82 Å². The summed E-state index contributed by atoms with van der Waals surface area (Å²) in [7, 11) is 1.65. The van der Waals surface area contributed by atoms with Gasteiger partial charge in [0.05, 0.1) is 18.6 Å². The molecule has 2 heterocycles. The molecular formula is C18H20N4O2. The maximum Gasteiger partial charge on any atom is 0.146 e. The van der Waals surface area contributed by atoms with E-state index in [0.717, 1.165) is 47.2 Å². The highest BCUT2D eigenvalue weighted by Crippen LogP contribution is 2.39. The smallest absolute Gasteiger partial charge is 0.146 e. The molecule has 124 valence electrons. The molecule has 24 heavy (non-hydrogen) atoms. The number of hydrogen-bond acceptors (Lipinski definition) is 5. The summed E-state index contributed by atoms with van der Waals surface area (Å²) >= 11 is 0. The van der Waals surface area contributed by atoms with Crippen LogP contribution in [0.4, 0.5) is 5.82 Å². The second-order valence-electron chi connectivity index (χ2n) is 6.26. The van der Waals surface area contributed by atoms with Crippen molar-refractivity contribution in [1.82, 2.24) is 14.5 Å². The fourth-order valence-electron chi connectivity index (χ4n) is 3.58. The molecule has 0 saturated heterocycles. The molecule has 1 aliphatic carbocycles. The first-order valence-electron chi connectivity index (χ1n) is 8.11. The van der Waals surface area contributed by atoms with Gasteiger partial charge in [-0.1, -0.05) is 12.1 Å². The number of aromatic nitrogens is 3. The van der Waals surface area contributed by atoms with Gasteiger partial charge in [0.2, 0.25) is 0 Å². The molecule has 6 nitrogen and oxygen atoms in total. The zero-order valence-electron chi connectivity index (χ0n) is 13.5. The van der Waals surface area contributed by atoms with Crippen molar-refractivity contribution in [2.75, 3.05) is 12.8 Å². The molecule has 1 saturated carbocycles. The van der Waals surface area contributed by atoms with Crippen LogP contribution in [0, 0.1) is 0 Å². The lowest BCUT2D eigenvalue weighted by molar-refractivity contribution is 0.178. The quantitative estimate of drug-likeness (QED) is 0.773. The Bertz CT molecular complexity index is 890. The van der Waals surface area contributed by atoms with E-state index in [2.05, 4.69) is 20.7 Å². The Morgan fingerprint density at radius 3 is 2.92 bits per heavy atom. The first-order chi connectivity index (χ1) is 11.7. The monoisotopic (exact) mass is 324 g/mol. The molecule has 1 fully saturated rings. The molecule has 3 aromatic rings. The molecule has 0 radical (unpaired) electrons. The third-order valence-corrected chi connectivity index (χ3v) is 4.79. The van der Waals surface area contributed by atoms with Gasteiger partial charge in [-0.2, -0.15) is 0 Å². The summed E-state index contributed by atoms with van der Waals surface area (Å²) in [5, 5.41) is 10.7. The van der Waals surface area contributed by atoms with Crippen molar-refractivity contribution in [2.24, 2.45) is 0 Å². The van der Waals surface area contributed by atoms with E-state index in [-0.39, 0.29) is 12.1 Å². The van der Waals surface area contributed by atoms with E-state index >= 15 is 0 Å². The topological polar surface area (TPSA) is 86.2 Å². The molecule has 6 heteroatoms. The Kier molecular flexibility index (Phi) is 3.61. The third-order valence-electron chi connectivity index (χ3n) is 4.79. The zero-order chi connectivity index (χ0) is 16.7. The average Bonchev–Trinajstić information content (AvgIpc) is 3.19. The summed E-state index contributed by atoms with van der Waals surface area (Å²) in [6.45, 7) is 0. The van der Waals surface area contributed by atoms with E-state index < -0.39 is 0 Å². The van der Waals surface area contributed by atoms with Gasteiger partial charge in [0.25, 0.3) is 0 Å². The van der Waals surface area contributed by atoms with Gasteiger partial charge in [0.1, 0.15) is 23.5 Å². The van der Waals surface area contributed by atoms with Gasteiger partial charge in [-0.3, -0.25) is 0 Å². The second-order valence-corrected chi connectivity index (χ2v) is 6.26. The van der Waals surface area contributed by atoms with Crippen LogP contribution < -0.4 is 10.5 Å². The second kappa shape index (κ2) is 5.79. The molecule has 4 rings (SSSR count). The van der Waals surface area contributed by atoms with Crippen molar-refractivity contribution in [3.05, 3.63) is 36.8 Å². The Labute approximate surface area is 139 Å². The van der Waals surface area contributed by atoms with Crippen molar-refractivity contribution in [2.45, 2.75) is 31.4 Å². The minimum atomic E-state index is -0.244. The van der Waals surface area contributed by atoms with E-state index in [1.165, 1.54) is 6.33 Å². The van der Waals surface area contributed by atoms with Crippen LogP contribution in [-0.4, -0.2) is 32.9 Å². The van der Waals surface area contributed by atoms with Gasteiger partial charge in [-0.15, -0.1) is 0 Å². The number of rotatable bonds is 3. The first-order valence-corrected chi connectivity index (χ1v) is 8.11. The maximum atomic E-state index is 9.89. The molecule has 2 unspecified atom stereocenters. The minimum Gasteiger partial charge on any atom is -0.497 e. The molecule has 3 N–H and O–H groups in total. The van der Waals surface area contributed by atoms with Gasteiger partial charge < -0.3 is 20.1 Å². The number of methoxy groups -OCH3 is 1. The fraction of sp³-hybridized carbons (Fsp3) is 0.333.